The summed E-state index contributed by atoms with van der Waals surface area (Å²) in [4.78, 5) is 23.4. The lowest BCUT2D eigenvalue weighted by molar-refractivity contribution is -0.139. The molecule has 1 aromatic heterocycles. The average Bonchev–Trinajstić information content (AvgIpc) is 3.11. The van der Waals surface area contributed by atoms with Gasteiger partial charge in [0.2, 0.25) is 0 Å². The molecule has 0 unspecified atom stereocenters. The molecule has 1 heterocycles. The van der Waals surface area contributed by atoms with E-state index in [9.17, 15) is 14.7 Å². The van der Waals surface area contributed by atoms with Crippen LogP contribution in [0.25, 0.3) is 11.3 Å². The fraction of sp³-hybridized carbons (Fsp3) is 0.353. The van der Waals surface area contributed by atoms with Crippen molar-refractivity contribution in [2.75, 3.05) is 13.7 Å². The Morgan fingerprint density at radius 3 is 2.64 bits per heavy atom. The van der Waals surface area contributed by atoms with Gasteiger partial charge < -0.3 is 25.4 Å². The molecule has 2 aromatic rings. The Morgan fingerprint density at radius 1 is 1.32 bits per heavy atom. The van der Waals surface area contributed by atoms with Crippen LogP contribution in [0.15, 0.2) is 34.9 Å². The van der Waals surface area contributed by atoms with Crippen LogP contribution in [0.3, 0.4) is 0 Å². The van der Waals surface area contributed by atoms with Crippen LogP contribution in [0.5, 0.6) is 5.75 Å². The van der Waals surface area contributed by atoms with Gasteiger partial charge in [0, 0.05) is 11.6 Å². The first kappa shape index (κ1) is 18.5. The number of nitrogens with zero attached hydrogens (tertiary/aromatic N) is 1. The van der Waals surface area contributed by atoms with Gasteiger partial charge in [0.05, 0.1) is 7.11 Å². The summed E-state index contributed by atoms with van der Waals surface area (Å²) in [5, 5.41) is 15.4. The van der Waals surface area contributed by atoms with E-state index in [0.717, 1.165) is 5.56 Å². The minimum absolute atomic E-state index is 0.0240. The molecule has 0 aliphatic carbocycles. The van der Waals surface area contributed by atoms with E-state index in [1.54, 1.807) is 31.4 Å². The molecule has 25 heavy (non-hydrogen) atoms. The van der Waals surface area contributed by atoms with Gasteiger partial charge in [0.15, 0.2) is 11.5 Å². The summed E-state index contributed by atoms with van der Waals surface area (Å²) in [5.74, 6) is -0.585. The Balaban J connectivity index is 2.04. The van der Waals surface area contributed by atoms with Crippen molar-refractivity contribution < 1.29 is 24.0 Å². The van der Waals surface area contributed by atoms with Crippen molar-refractivity contribution in [3.8, 4) is 17.1 Å². The second kappa shape index (κ2) is 8.84. The third-order valence-electron chi connectivity index (χ3n) is 3.67. The molecule has 0 radical (unpaired) electrons. The van der Waals surface area contributed by atoms with E-state index in [1.165, 1.54) is 6.07 Å². The number of aromatic nitrogens is 1. The standard InChI is InChI=1S/C17H21N3O5/c1-24-12-7-5-11(6-8-12)15-10-14(20-25-15)16(21)19-13(17(22)23)4-2-3-9-18/h5-8,10,13H,2-4,9,18H2,1H3,(H,19,21)(H,22,23)/t13-/m0/s1. The van der Waals surface area contributed by atoms with E-state index < -0.39 is 17.9 Å². The molecule has 8 heteroatoms. The van der Waals surface area contributed by atoms with Crippen LogP contribution in [-0.2, 0) is 4.79 Å². The molecule has 1 amide bonds. The molecular weight excluding hydrogens is 326 g/mol. The zero-order valence-electron chi connectivity index (χ0n) is 13.9. The molecule has 4 N–H and O–H groups in total. The quantitative estimate of drug-likeness (QED) is 0.589. The Kier molecular flexibility index (Phi) is 6.53. The number of carboxylic acids is 1. The largest absolute Gasteiger partial charge is 0.497 e. The van der Waals surface area contributed by atoms with Crippen molar-refractivity contribution in [1.82, 2.24) is 10.5 Å². The fourth-order valence-corrected chi connectivity index (χ4v) is 2.26. The molecule has 0 saturated heterocycles. The molecule has 0 spiro atoms. The number of hydrogen-bond donors (Lipinski definition) is 3. The predicted octanol–water partition coefficient (Wildman–Crippen LogP) is 1.66. The molecule has 0 aliphatic heterocycles. The summed E-state index contributed by atoms with van der Waals surface area (Å²) in [6.07, 6.45) is 1.62. The van der Waals surface area contributed by atoms with E-state index >= 15 is 0 Å². The fourth-order valence-electron chi connectivity index (χ4n) is 2.26. The highest BCUT2D eigenvalue weighted by Crippen LogP contribution is 2.23. The molecule has 0 saturated carbocycles. The van der Waals surface area contributed by atoms with Gasteiger partial charge in [-0.1, -0.05) is 5.16 Å². The average molecular weight is 347 g/mol. The van der Waals surface area contributed by atoms with Gasteiger partial charge in [-0.2, -0.15) is 0 Å². The Labute approximate surface area is 144 Å². The van der Waals surface area contributed by atoms with E-state index in [1.807, 2.05) is 0 Å². The van der Waals surface area contributed by atoms with Crippen molar-refractivity contribution in [3.63, 3.8) is 0 Å². The summed E-state index contributed by atoms with van der Waals surface area (Å²) in [6.45, 7) is 0.481. The van der Waals surface area contributed by atoms with Crippen molar-refractivity contribution >= 4 is 11.9 Å². The Bertz CT molecular complexity index is 711. The molecule has 8 nitrogen and oxygen atoms in total. The number of ether oxygens (including phenoxy) is 1. The van der Waals surface area contributed by atoms with Gasteiger partial charge in [-0.15, -0.1) is 0 Å². The number of amides is 1. The number of aliphatic carboxylic acids is 1. The summed E-state index contributed by atoms with van der Waals surface area (Å²) in [7, 11) is 1.57. The zero-order valence-corrected chi connectivity index (χ0v) is 13.9. The molecular formula is C17H21N3O5. The van der Waals surface area contributed by atoms with E-state index in [-0.39, 0.29) is 5.69 Å². The van der Waals surface area contributed by atoms with E-state index in [0.29, 0.717) is 37.3 Å². The highest BCUT2D eigenvalue weighted by molar-refractivity contribution is 5.95. The maximum Gasteiger partial charge on any atom is 0.326 e. The van der Waals surface area contributed by atoms with Gasteiger partial charge in [-0.25, -0.2) is 4.79 Å². The van der Waals surface area contributed by atoms with Crippen molar-refractivity contribution in [2.45, 2.75) is 25.3 Å². The number of carbonyl (C=O) groups excluding carboxylic acids is 1. The number of nitrogens with one attached hydrogen (secondary N) is 1. The van der Waals surface area contributed by atoms with Crippen LogP contribution >= 0.6 is 0 Å². The number of carboxylic acid groups (broad SMARTS) is 1. The molecule has 1 atom stereocenters. The van der Waals surface area contributed by atoms with Gasteiger partial charge in [-0.3, -0.25) is 4.79 Å². The maximum absolute atomic E-state index is 12.2. The first-order valence-electron chi connectivity index (χ1n) is 7.90. The number of rotatable bonds is 9. The van der Waals surface area contributed by atoms with Gasteiger partial charge in [0.1, 0.15) is 11.8 Å². The van der Waals surface area contributed by atoms with Gasteiger partial charge in [0.25, 0.3) is 5.91 Å². The van der Waals surface area contributed by atoms with E-state index in [2.05, 4.69) is 10.5 Å². The number of nitrogens with two attached hydrogens (primary N) is 1. The van der Waals surface area contributed by atoms with Crippen molar-refractivity contribution in [2.24, 2.45) is 5.73 Å². The zero-order chi connectivity index (χ0) is 18.2. The summed E-state index contributed by atoms with van der Waals surface area (Å²) < 4.78 is 10.3. The highest BCUT2D eigenvalue weighted by atomic mass is 16.5. The van der Waals surface area contributed by atoms with E-state index in [4.69, 9.17) is 15.0 Å². The van der Waals surface area contributed by atoms with Crippen LogP contribution in [0.4, 0.5) is 0 Å². The Hall–Kier alpha value is -2.87. The number of unbranched alkanes of at least 4 members (excludes halogenated alkanes) is 1. The summed E-state index contributed by atoms with van der Waals surface area (Å²) in [6, 6.07) is 7.54. The summed E-state index contributed by atoms with van der Waals surface area (Å²) in [5.41, 5.74) is 6.15. The molecule has 0 bridgehead atoms. The minimum Gasteiger partial charge on any atom is -0.497 e. The normalized spacial score (nSPS) is 11.8. The summed E-state index contributed by atoms with van der Waals surface area (Å²) >= 11 is 0. The SMILES string of the molecule is COc1ccc(-c2cc(C(=O)N[C@@H](CCCCN)C(=O)O)no2)cc1. The van der Waals surface area contributed by atoms with Gasteiger partial charge >= 0.3 is 5.97 Å². The monoisotopic (exact) mass is 347 g/mol. The second-order valence-corrected chi connectivity index (χ2v) is 5.45. The lowest BCUT2D eigenvalue weighted by atomic mass is 10.1. The van der Waals surface area contributed by atoms with Crippen LogP contribution in [0.2, 0.25) is 0 Å². The van der Waals surface area contributed by atoms with Crippen molar-refractivity contribution in [1.29, 1.82) is 0 Å². The van der Waals surface area contributed by atoms with Crippen molar-refractivity contribution in [3.05, 3.63) is 36.0 Å². The first-order valence-corrected chi connectivity index (χ1v) is 7.90. The molecule has 134 valence electrons. The van der Waals surface area contributed by atoms with Crippen LogP contribution in [-0.4, -0.2) is 41.8 Å². The van der Waals surface area contributed by atoms with Crippen LogP contribution in [0, 0.1) is 0 Å². The minimum atomic E-state index is -1.09. The number of hydrogen-bond acceptors (Lipinski definition) is 6. The predicted molar refractivity (Wildman–Crippen MR) is 90.3 cm³/mol. The number of methoxy groups -OCH3 is 1. The molecule has 0 fully saturated rings. The van der Waals surface area contributed by atoms with Crippen LogP contribution < -0.4 is 15.8 Å². The number of benzene rings is 1. The smallest absolute Gasteiger partial charge is 0.326 e. The molecule has 0 aliphatic rings. The highest BCUT2D eigenvalue weighted by Gasteiger charge is 2.22. The third kappa shape index (κ3) is 5.05. The molecule has 2 rings (SSSR count). The Morgan fingerprint density at radius 2 is 2.04 bits per heavy atom. The molecule has 1 aromatic carbocycles. The number of carbonyl (C=O) groups is 2. The lowest BCUT2D eigenvalue weighted by Gasteiger charge is -2.12. The maximum atomic E-state index is 12.2. The topological polar surface area (TPSA) is 128 Å². The third-order valence-corrected chi connectivity index (χ3v) is 3.67. The first-order chi connectivity index (χ1) is 12.0. The lowest BCUT2D eigenvalue weighted by Crippen LogP contribution is -2.40. The van der Waals surface area contributed by atoms with Crippen LogP contribution in [0.1, 0.15) is 29.8 Å². The second-order valence-electron chi connectivity index (χ2n) is 5.45. The van der Waals surface area contributed by atoms with Gasteiger partial charge in [-0.05, 0) is 50.1 Å².